The fourth-order valence-corrected chi connectivity index (χ4v) is 1.27. The third-order valence-corrected chi connectivity index (χ3v) is 1.84. The van der Waals surface area contributed by atoms with Crippen molar-refractivity contribution >= 4 is 24.6 Å². The van der Waals surface area contributed by atoms with E-state index in [1.54, 1.807) is 6.26 Å². The van der Waals surface area contributed by atoms with Gasteiger partial charge in [-0.05, 0) is 0 Å². The summed E-state index contributed by atoms with van der Waals surface area (Å²) in [7, 11) is 0.987. The first kappa shape index (κ1) is 13.0. The minimum Gasteiger partial charge on any atom is -0.367 e. The molecule has 7 heteroatoms. The van der Waals surface area contributed by atoms with Crippen molar-refractivity contribution in [3.05, 3.63) is 11.1 Å². The van der Waals surface area contributed by atoms with Crippen molar-refractivity contribution in [2.45, 2.75) is 12.3 Å². The van der Waals surface area contributed by atoms with Crippen molar-refractivity contribution < 1.29 is 17.9 Å². The van der Waals surface area contributed by atoms with Crippen LogP contribution in [-0.2, 0) is 4.74 Å². The summed E-state index contributed by atoms with van der Waals surface area (Å²) in [5, 5.41) is 0. The van der Waals surface area contributed by atoms with E-state index >= 15 is 0 Å². The molecule has 0 spiro atoms. The summed E-state index contributed by atoms with van der Waals surface area (Å²) in [6.07, 6.45) is -3.55. The second-order valence-electron chi connectivity index (χ2n) is 2.05. The molecule has 1 unspecified atom stereocenters. The zero-order valence-electron chi connectivity index (χ0n) is 7.05. The lowest BCUT2D eigenvalue weighted by atomic mass is 10.3. The highest BCUT2D eigenvalue weighted by Crippen LogP contribution is 2.29. The molecule has 0 saturated carbocycles. The molecular formula is C6H10F3NOS2. The molecule has 0 heterocycles. The highest BCUT2D eigenvalue weighted by molar-refractivity contribution is 7.96. The Morgan fingerprint density at radius 3 is 2.46 bits per heavy atom. The van der Waals surface area contributed by atoms with E-state index in [0.29, 0.717) is 0 Å². The molecule has 0 aliphatic heterocycles. The van der Waals surface area contributed by atoms with E-state index in [4.69, 9.17) is 0 Å². The molecule has 1 atom stereocenters. The second kappa shape index (κ2) is 5.66. The fourth-order valence-electron chi connectivity index (χ4n) is 0.617. The number of hydrogen-bond acceptors (Lipinski definition) is 4. The predicted octanol–water partition coefficient (Wildman–Crippen LogP) is 2.20. The molecule has 78 valence electrons. The minimum absolute atomic E-state index is 0.204. The first-order valence-electron chi connectivity index (χ1n) is 3.20. The summed E-state index contributed by atoms with van der Waals surface area (Å²) < 4.78 is 43.2. The number of alkyl halides is 3. The lowest BCUT2D eigenvalue weighted by Gasteiger charge is -2.18. The van der Waals surface area contributed by atoms with Crippen LogP contribution in [0.25, 0.3) is 0 Å². The van der Waals surface area contributed by atoms with Gasteiger partial charge in [0.1, 0.15) is 0 Å². The zero-order chi connectivity index (χ0) is 10.5. The van der Waals surface area contributed by atoms with Gasteiger partial charge in [0.2, 0.25) is 0 Å². The quantitative estimate of drug-likeness (QED) is 0.574. The van der Waals surface area contributed by atoms with Crippen molar-refractivity contribution in [1.29, 1.82) is 0 Å². The Morgan fingerprint density at radius 1 is 1.62 bits per heavy atom. The molecule has 2 nitrogen and oxygen atoms in total. The summed E-state index contributed by atoms with van der Waals surface area (Å²) in [5.41, 5.74) is 0. The zero-order valence-corrected chi connectivity index (χ0v) is 8.76. The number of rotatable bonds is 4. The lowest BCUT2D eigenvalue weighted by Crippen LogP contribution is -2.31. The molecule has 0 fully saturated rings. The third kappa shape index (κ3) is 4.68. The van der Waals surface area contributed by atoms with Gasteiger partial charge in [0.15, 0.2) is 6.10 Å². The average Bonchev–Trinajstić information content (AvgIpc) is 1.99. The van der Waals surface area contributed by atoms with Gasteiger partial charge in [0.25, 0.3) is 0 Å². The fraction of sp³-hybridized carbons (Fsp3) is 0.667. The van der Waals surface area contributed by atoms with Gasteiger partial charge in [-0.2, -0.15) is 13.2 Å². The number of thiol groups is 1. The molecule has 0 bridgehead atoms. The summed E-state index contributed by atoms with van der Waals surface area (Å²) in [4.78, 5) is -0.204. The molecule has 1 N–H and O–H groups in total. The number of hydrogen-bond donors (Lipinski definition) is 2. The Kier molecular flexibility index (Phi) is 5.66. The van der Waals surface area contributed by atoms with Gasteiger partial charge in [-0.15, -0.1) is 12.6 Å². The van der Waals surface area contributed by atoms with Crippen LogP contribution in [0, 0.1) is 0 Å². The standard InChI is InChI=1S/C6H10F3NOS2/c1-11-5(6(7,8)9)4(12)3-10-13-2/h3,5,10,12H,1-2H3/b4-3-. The predicted molar refractivity (Wildman–Crippen MR) is 50.6 cm³/mol. The molecule has 0 aliphatic rings. The van der Waals surface area contributed by atoms with Gasteiger partial charge in [0.05, 0.1) is 0 Å². The van der Waals surface area contributed by atoms with Crippen LogP contribution >= 0.6 is 24.6 Å². The molecular weight excluding hydrogens is 223 g/mol. The van der Waals surface area contributed by atoms with Crippen molar-refractivity contribution in [3.63, 3.8) is 0 Å². The van der Waals surface area contributed by atoms with Crippen LogP contribution in [-0.4, -0.2) is 25.6 Å². The number of halogens is 3. The van der Waals surface area contributed by atoms with E-state index in [2.05, 4.69) is 22.1 Å². The van der Waals surface area contributed by atoms with Crippen molar-refractivity contribution in [2.75, 3.05) is 13.4 Å². The van der Waals surface area contributed by atoms with Gasteiger partial charge in [-0.25, -0.2) is 0 Å². The number of methoxy groups -OCH3 is 1. The van der Waals surface area contributed by atoms with E-state index in [1.807, 2.05) is 0 Å². The third-order valence-electron chi connectivity index (χ3n) is 1.13. The molecule has 0 amide bonds. The molecule has 0 aromatic carbocycles. The van der Waals surface area contributed by atoms with Gasteiger partial charge in [-0.3, -0.25) is 0 Å². The molecule has 0 aromatic rings. The van der Waals surface area contributed by atoms with Crippen LogP contribution in [0.5, 0.6) is 0 Å². The van der Waals surface area contributed by atoms with Crippen LogP contribution in [0.3, 0.4) is 0 Å². The normalized spacial score (nSPS) is 15.7. The Morgan fingerprint density at radius 2 is 2.15 bits per heavy atom. The molecule has 0 aliphatic carbocycles. The number of nitrogens with one attached hydrogen (secondary N) is 1. The maximum atomic E-state index is 12.1. The highest BCUT2D eigenvalue weighted by atomic mass is 32.2. The molecule has 13 heavy (non-hydrogen) atoms. The van der Waals surface area contributed by atoms with E-state index in [9.17, 15) is 13.2 Å². The highest BCUT2D eigenvalue weighted by Gasteiger charge is 2.41. The average molecular weight is 233 g/mol. The van der Waals surface area contributed by atoms with Crippen molar-refractivity contribution in [1.82, 2.24) is 4.72 Å². The topological polar surface area (TPSA) is 21.3 Å². The van der Waals surface area contributed by atoms with Crippen LogP contribution in [0.1, 0.15) is 0 Å². The van der Waals surface area contributed by atoms with Crippen LogP contribution < -0.4 is 4.72 Å². The Balaban J connectivity index is 4.40. The Hall–Kier alpha value is -0.0100. The van der Waals surface area contributed by atoms with Crippen molar-refractivity contribution in [2.24, 2.45) is 0 Å². The van der Waals surface area contributed by atoms with Crippen LogP contribution in [0.2, 0.25) is 0 Å². The largest absolute Gasteiger partial charge is 0.419 e. The maximum absolute atomic E-state index is 12.1. The van der Waals surface area contributed by atoms with Gasteiger partial charge in [-0.1, -0.05) is 11.9 Å². The van der Waals surface area contributed by atoms with Crippen LogP contribution in [0.4, 0.5) is 13.2 Å². The Labute approximate surface area is 84.4 Å². The van der Waals surface area contributed by atoms with Crippen LogP contribution in [0.15, 0.2) is 11.1 Å². The second-order valence-corrected chi connectivity index (χ2v) is 3.21. The molecule has 0 aromatic heterocycles. The monoisotopic (exact) mass is 233 g/mol. The summed E-state index contributed by atoms with van der Waals surface area (Å²) >= 11 is 4.84. The summed E-state index contributed by atoms with van der Waals surface area (Å²) in [6, 6.07) is 0. The minimum atomic E-state index is -4.43. The Bertz CT molecular complexity index is 183. The van der Waals surface area contributed by atoms with E-state index in [0.717, 1.165) is 13.3 Å². The smallest absolute Gasteiger partial charge is 0.367 e. The SMILES string of the molecule is COC(/C(S)=C/NSC)C(F)(F)F. The van der Waals surface area contributed by atoms with Gasteiger partial charge in [0, 0.05) is 24.5 Å². The summed E-state index contributed by atoms with van der Waals surface area (Å²) in [6.45, 7) is 0. The molecule has 0 rings (SSSR count). The van der Waals surface area contributed by atoms with Gasteiger partial charge < -0.3 is 9.46 Å². The molecule has 0 radical (unpaired) electrons. The lowest BCUT2D eigenvalue weighted by molar-refractivity contribution is -0.197. The summed E-state index contributed by atoms with van der Waals surface area (Å²) in [5.74, 6) is 0. The van der Waals surface area contributed by atoms with Gasteiger partial charge >= 0.3 is 6.18 Å². The first-order chi connectivity index (χ1) is 5.93. The van der Waals surface area contributed by atoms with E-state index in [-0.39, 0.29) is 4.91 Å². The number of ether oxygens (including phenoxy) is 1. The first-order valence-corrected chi connectivity index (χ1v) is 4.87. The van der Waals surface area contributed by atoms with Crippen molar-refractivity contribution in [3.8, 4) is 0 Å². The van der Waals surface area contributed by atoms with E-state index in [1.165, 1.54) is 11.9 Å². The maximum Gasteiger partial charge on any atom is 0.419 e. The molecule has 0 saturated heterocycles. The van der Waals surface area contributed by atoms with E-state index < -0.39 is 12.3 Å².